The summed E-state index contributed by atoms with van der Waals surface area (Å²) < 4.78 is 0. The Hall–Kier alpha value is -2.12. The lowest BCUT2D eigenvalue weighted by molar-refractivity contribution is -0.128. The van der Waals surface area contributed by atoms with Gasteiger partial charge in [-0.05, 0) is 12.3 Å². The minimum atomic E-state index is -0.507. The van der Waals surface area contributed by atoms with Gasteiger partial charge in [0.1, 0.15) is 11.9 Å². The summed E-state index contributed by atoms with van der Waals surface area (Å²) in [5.74, 6) is 0.701. The second-order valence-electron chi connectivity index (χ2n) is 5.06. The van der Waals surface area contributed by atoms with E-state index in [1.807, 2.05) is 13.8 Å². The molecule has 0 aliphatic heterocycles. The number of carbonyl (C=O) groups is 2. The van der Waals surface area contributed by atoms with Crippen LogP contribution in [0.4, 0.5) is 5.95 Å². The fourth-order valence-electron chi connectivity index (χ4n) is 1.80. The lowest BCUT2D eigenvalue weighted by Gasteiger charge is -2.19. The van der Waals surface area contributed by atoms with E-state index < -0.39 is 6.04 Å². The molecule has 20 heavy (non-hydrogen) atoms. The molecule has 0 radical (unpaired) electrons. The number of hydrogen-bond donors (Lipinski definition) is 4. The molecule has 0 aliphatic carbocycles. The first-order chi connectivity index (χ1) is 9.38. The van der Waals surface area contributed by atoms with E-state index in [2.05, 4.69) is 25.8 Å². The molecular formula is C12H22N6O2. The molecule has 0 aliphatic rings. The van der Waals surface area contributed by atoms with Gasteiger partial charge < -0.3 is 16.4 Å². The molecule has 2 amide bonds. The lowest BCUT2D eigenvalue weighted by Crippen LogP contribution is -2.47. The number of H-pyrrole nitrogens is 1. The Kier molecular flexibility index (Phi) is 5.95. The molecule has 8 heteroatoms. The zero-order valence-corrected chi connectivity index (χ0v) is 12.1. The van der Waals surface area contributed by atoms with Crippen molar-refractivity contribution >= 4 is 17.8 Å². The quantitative estimate of drug-likeness (QED) is 0.541. The fourth-order valence-corrected chi connectivity index (χ4v) is 1.80. The van der Waals surface area contributed by atoms with Crippen molar-refractivity contribution in [2.75, 3.05) is 12.3 Å². The maximum absolute atomic E-state index is 12.0. The SMILES string of the molecule is CC(=O)N[C@@H](CC(C)C)C(=O)NCCc1nc(N)n[nH]1. The van der Waals surface area contributed by atoms with Crippen LogP contribution in [-0.4, -0.2) is 39.6 Å². The highest BCUT2D eigenvalue weighted by atomic mass is 16.2. The summed E-state index contributed by atoms with van der Waals surface area (Å²) in [6, 6.07) is -0.507. The normalized spacial score (nSPS) is 12.2. The molecule has 1 aromatic rings. The molecule has 0 aromatic carbocycles. The number of aromatic amines is 1. The van der Waals surface area contributed by atoms with Crippen LogP contribution in [0.3, 0.4) is 0 Å². The van der Waals surface area contributed by atoms with Crippen LogP contribution in [0.1, 0.15) is 33.0 Å². The van der Waals surface area contributed by atoms with Crippen LogP contribution >= 0.6 is 0 Å². The Morgan fingerprint density at radius 2 is 2.10 bits per heavy atom. The molecule has 0 saturated heterocycles. The Morgan fingerprint density at radius 1 is 1.40 bits per heavy atom. The third kappa shape index (κ3) is 5.68. The van der Waals surface area contributed by atoms with Gasteiger partial charge in [-0.1, -0.05) is 13.8 Å². The van der Waals surface area contributed by atoms with Crippen LogP contribution in [0.25, 0.3) is 0 Å². The highest BCUT2D eigenvalue weighted by Crippen LogP contribution is 2.05. The van der Waals surface area contributed by atoms with Crippen LogP contribution in [0.15, 0.2) is 0 Å². The van der Waals surface area contributed by atoms with Crippen LogP contribution in [0.5, 0.6) is 0 Å². The number of aromatic nitrogens is 3. The Bertz CT molecular complexity index is 457. The first-order valence-electron chi connectivity index (χ1n) is 6.60. The van der Waals surface area contributed by atoms with Crippen molar-refractivity contribution in [3.8, 4) is 0 Å². The summed E-state index contributed by atoms with van der Waals surface area (Å²) in [4.78, 5) is 27.1. The number of anilines is 1. The third-order valence-electron chi connectivity index (χ3n) is 2.61. The minimum absolute atomic E-state index is 0.183. The van der Waals surface area contributed by atoms with Crippen molar-refractivity contribution in [2.24, 2.45) is 5.92 Å². The van der Waals surface area contributed by atoms with Gasteiger partial charge in [0, 0.05) is 19.9 Å². The summed E-state index contributed by atoms with van der Waals surface area (Å²) in [6.07, 6.45) is 1.10. The van der Waals surface area contributed by atoms with E-state index in [1.165, 1.54) is 6.92 Å². The van der Waals surface area contributed by atoms with E-state index in [4.69, 9.17) is 5.73 Å². The first kappa shape index (κ1) is 15.9. The average molecular weight is 282 g/mol. The van der Waals surface area contributed by atoms with E-state index >= 15 is 0 Å². The molecule has 5 N–H and O–H groups in total. The van der Waals surface area contributed by atoms with Crippen molar-refractivity contribution in [1.29, 1.82) is 0 Å². The highest BCUT2D eigenvalue weighted by molar-refractivity contribution is 5.86. The van der Waals surface area contributed by atoms with Gasteiger partial charge in [-0.3, -0.25) is 14.7 Å². The van der Waals surface area contributed by atoms with Crippen molar-refractivity contribution < 1.29 is 9.59 Å². The number of nitrogens with zero attached hydrogens (tertiary/aromatic N) is 2. The zero-order chi connectivity index (χ0) is 15.1. The molecule has 0 saturated carbocycles. The molecule has 1 heterocycles. The molecule has 0 bridgehead atoms. The maximum atomic E-state index is 12.0. The number of rotatable bonds is 7. The maximum Gasteiger partial charge on any atom is 0.242 e. The second-order valence-corrected chi connectivity index (χ2v) is 5.06. The van der Waals surface area contributed by atoms with Gasteiger partial charge in [0.05, 0.1) is 0 Å². The molecule has 1 rings (SSSR count). The first-order valence-corrected chi connectivity index (χ1v) is 6.60. The fraction of sp³-hybridized carbons (Fsp3) is 0.667. The van der Waals surface area contributed by atoms with Crippen molar-refractivity contribution in [1.82, 2.24) is 25.8 Å². The summed E-state index contributed by atoms with van der Waals surface area (Å²) in [5.41, 5.74) is 5.38. The molecular weight excluding hydrogens is 260 g/mol. The van der Waals surface area contributed by atoms with Crippen LogP contribution in [0, 0.1) is 5.92 Å². The molecule has 1 atom stereocenters. The summed E-state index contributed by atoms with van der Waals surface area (Å²) >= 11 is 0. The predicted molar refractivity (Wildman–Crippen MR) is 74.6 cm³/mol. The molecule has 8 nitrogen and oxygen atoms in total. The van der Waals surface area contributed by atoms with Crippen LogP contribution in [-0.2, 0) is 16.0 Å². The van der Waals surface area contributed by atoms with E-state index in [0.29, 0.717) is 31.1 Å². The lowest BCUT2D eigenvalue weighted by atomic mass is 10.0. The van der Waals surface area contributed by atoms with Gasteiger partial charge in [0.25, 0.3) is 0 Å². The monoisotopic (exact) mass is 282 g/mol. The van der Waals surface area contributed by atoms with Crippen LogP contribution < -0.4 is 16.4 Å². The Labute approximate surface area is 117 Å². The molecule has 0 fully saturated rings. The van der Waals surface area contributed by atoms with E-state index in [-0.39, 0.29) is 17.8 Å². The topological polar surface area (TPSA) is 126 Å². The zero-order valence-electron chi connectivity index (χ0n) is 12.1. The van der Waals surface area contributed by atoms with Crippen molar-refractivity contribution in [3.63, 3.8) is 0 Å². The summed E-state index contributed by atoms with van der Waals surface area (Å²) in [7, 11) is 0. The van der Waals surface area contributed by atoms with Gasteiger partial charge >= 0.3 is 0 Å². The van der Waals surface area contributed by atoms with Gasteiger partial charge in [-0.15, -0.1) is 5.10 Å². The van der Waals surface area contributed by atoms with Crippen molar-refractivity contribution in [2.45, 2.75) is 39.7 Å². The molecule has 0 spiro atoms. The van der Waals surface area contributed by atoms with E-state index in [9.17, 15) is 9.59 Å². The highest BCUT2D eigenvalue weighted by Gasteiger charge is 2.20. The number of nitrogens with two attached hydrogens (primary N) is 1. The largest absolute Gasteiger partial charge is 0.367 e. The van der Waals surface area contributed by atoms with Crippen LogP contribution in [0.2, 0.25) is 0 Å². The number of nitrogens with one attached hydrogen (secondary N) is 3. The van der Waals surface area contributed by atoms with Gasteiger partial charge in [-0.25, -0.2) is 0 Å². The number of amides is 2. The number of nitrogen functional groups attached to an aromatic ring is 1. The van der Waals surface area contributed by atoms with Gasteiger partial charge in [0.15, 0.2) is 0 Å². The molecule has 112 valence electrons. The Balaban J connectivity index is 2.42. The molecule has 0 unspecified atom stereocenters. The standard InChI is InChI=1S/C12H22N6O2/c1-7(2)6-9(15-8(3)19)11(20)14-5-4-10-16-12(13)18-17-10/h7,9H,4-6H2,1-3H3,(H,14,20)(H,15,19)(H3,13,16,17,18)/t9-/m0/s1. The Morgan fingerprint density at radius 3 is 2.60 bits per heavy atom. The summed E-state index contributed by atoms with van der Waals surface area (Å²) in [6.45, 7) is 5.80. The van der Waals surface area contributed by atoms with Crippen molar-refractivity contribution in [3.05, 3.63) is 5.82 Å². The minimum Gasteiger partial charge on any atom is -0.367 e. The van der Waals surface area contributed by atoms with E-state index in [0.717, 1.165) is 0 Å². The third-order valence-corrected chi connectivity index (χ3v) is 2.61. The molecule has 1 aromatic heterocycles. The smallest absolute Gasteiger partial charge is 0.242 e. The van der Waals surface area contributed by atoms with E-state index in [1.54, 1.807) is 0 Å². The predicted octanol–water partition coefficient (Wildman–Crippen LogP) is -0.404. The second kappa shape index (κ2) is 7.46. The van der Waals surface area contributed by atoms with Gasteiger partial charge in [-0.2, -0.15) is 4.98 Å². The average Bonchev–Trinajstić information content (AvgIpc) is 2.73. The van der Waals surface area contributed by atoms with Gasteiger partial charge in [0.2, 0.25) is 17.8 Å². The number of hydrogen-bond acceptors (Lipinski definition) is 5. The number of carbonyl (C=O) groups excluding carboxylic acids is 2. The summed E-state index contributed by atoms with van der Waals surface area (Å²) in [5, 5.41) is 11.8.